The quantitative estimate of drug-likeness (QED) is 0.505. The number of hydrogen-bond donors (Lipinski definition) is 0. The molecule has 3 atom stereocenters. The van der Waals surface area contributed by atoms with E-state index in [-0.39, 0.29) is 41.3 Å². The zero-order valence-corrected chi connectivity index (χ0v) is 21.1. The molecule has 10 heteroatoms. The molecule has 1 aromatic rings. The van der Waals surface area contributed by atoms with Crippen molar-refractivity contribution in [1.29, 1.82) is 0 Å². The highest BCUT2D eigenvalue weighted by atomic mass is 32.2. The molecule has 0 spiro atoms. The average Bonchev–Trinajstić information content (AvgIpc) is 2.82. The molecule has 0 radical (unpaired) electrons. The zero-order valence-electron chi connectivity index (χ0n) is 20.3. The van der Waals surface area contributed by atoms with Gasteiger partial charge in [0, 0.05) is 13.1 Å². The molecule has 1 aliphatic heterocycles. The molecule has 2 fully saturated rings. The monoisotopic (exact) mass is 497 g/mol. The second-order valence-electron chi connectivity index (χ2n) is 9.31. The van der Waals surface area contributed by atoms with Crippen LogP contribution in [0.1, 0.15) is 50.4 Å². The third-order valence-corrected chi connectivity index (χ3v) is 8.47. The van der Waals surface area contributed by atoms with E-state index in [0.29, 0.717) is 25.0 Å². The molecule has 190 valence electrons. The van der Waals surface area contributed by atoms with Gasteiger partial charge in [0.15, 0.2) is 6.61 Å². The number of benzene rings is 1. The van der Waals surface area contributed by atoms with Crippen LogP contribution >= 0.6 is 0 Å². The highest BCUT2D eigenvalue weighted by Crippen LogP contribution is 2.35. The van der Waals surface area contributed by atoms with E-state index in [1.54, 1.807) is 0 Å². The van der Waals surface area contributed by atoms with Crippen molar-refractivity contribution in [2.45, 2.75) is 51.0 Å². The summed E-state index contributed by atoms with van der Waals surface area (Å²) in [5.74, 6) is -0.150. The van der Waals surface area contributed by atoms with Gasteiger partial charge >= 0.3 is 11.9 Å². The lowest BCUT2D eigenvalue weighted by molar-refractivity contribution is -0.159. The summed E-state index contributed by atoms with van der Waals surface area (Å²) < 4.78 is 48.8. The molecule has 1 aliphatic carbocycles. The Hall–Kier alpha value is -2.17. The number of carbonyl (C=O) groups excluding carboxylic acids is 2. The minimum Gasteiger partial charge on any atom is -0.495 e. The van der Waals surface area contributed by atoms with Crippen molar-refractivity contribution in [1.82, 2.24) is 4.31 Å². The van der Waals surface area contributed by atoms with E-state index in [4.69, 9.17) is 18.9 Å². The van der Waals surface area contributed by atoms with Gasteiger partial charge in [-0.15, -0.1) is 0 Å². The third-order valence-electron chi connectivity index (χ3n) is 6.55. The van der Waals surface area contributed by atoms with Crippen molar-refractivity contribution < 1.29 is 37.0 Å². The van der Waals surface area contributed by atoms with Crippen LogP contribution in [0.2, 0.25) is 0 Å². The van der Waals surface area contributed by atoms with Gasteiger partial charge in [0.25, 0.3) is 0 Å². The van der Waals surface area contributed by atoms with Crippen molar-refractivity contribution >= 4 is 22.0 Å². The van der Waals surface area contributed by atoms with E-state index < -0.39 is 28.6 Å². The minimum absolute atomic E-state index is 0.00628. The number of ether oxygens (including phenoxy) is 4. The molecule has 0 N–H and O–H groups in total. The number of esters is 2. The molecule has 34 heavy (non-hydrogen) atoms. The van der Waals surface area contributed by atoms with Gasteiger partial charge in [-0.1, -0.05) is 27.2 Å². The molecule has 9 nitrogen and oxygen atoms in total. The molecule has 1 saturated heterocycles. The van der Waals surface area contributed by atoms with Gasteiger partial charge in [-0.25, -0.2) is 18.0 Å². The Balaban J connectivity index is 1.66. The maximum atomic E-state index is 13.1. The van der Waals surface area contributed by atoms with E-state index >= 15 is 0 Å². The van der Waals surface area contributed by atoms with Crippen LogP contribution in [-0.4, -0.2) is 70.8 Å². The van der Waals surface area contributed by atoms with Crippen LogP contribution in [-0.2, 0) is 29.0 Å². The first-order chi connectivity index (χ1) is 16.1. The summed E-state index contributed by atoms with van der Waals surface area (Å²) in [6, 6.07) is 4.02. The summed E-state index contributed by atoms with van der Waals surface area (Å²) >= 11 is 0. The Labute approximate surface area is 201 Å². The van der Waals surface area contributed by atoms with Crippen molar-refractivity contribution in [2.24, 2.45) is 17.8 Å². The molecule has 0 amide bonds. The number of sulfonamides is 1. The summed E-state index contributed by atoms with van der Waals surface area (Å²) in [4.78, 5) is 24.9. The number of methoxy groups -OCH3 is 1. The van der Waals surface area contributed by atoms with Crippen molar-refractivity contribution in [2.75, 3.05) is 40.0 Å². The Kier molecular flexibility index (Phi) is 8.95. The lowest BCUT2D eigenvalue weighted by atomic mass is 9.75. The normalized spacial score (nSPS) is 24.0. The fourth-order valence-corrected chi connectivity index (χ4v) is 6.18. The molecule has 3 rings (SSSR count). The molecule has 0 aromatic heterocycles. The van der Waals surface area contributed by atoms with Gasteiger partial charge in [0.05, 0.1) is 25.9 Å². The van der Waals surface area contributed by atoms with Gasteiger partial charge in [0.2, 0.25) is 10.0 Å². The molecule has 1 saturated carbocycles. The maximum absolute atomic E-state index is 13.1. The predicted octanol–water partition coefficient (Wildman–Crippen LogP) is 2.88. The van der Waals surface area contributed by atoms with Gasteiger partial charge in [-0.3, -0.25) is 0 Å². The third kappa shape index (κ3) is 6.28. The van der Waals surface area contributed by atoms with Gasteiger partial charge in [0.1, 0.15) is 16.7 Å². The summed E-state index contributed by atoms with van der Waals surface area (Å²) in [6.07, 6.45) is 2.72. The lowest BCUT2D eigenvalue weighted by Crippen LogP contribution is -2.40. The molecule has 1 aromatic carbocycles. The number of rotatable bonds is 8. The van der Waals surface area contributed by atoms with Crippen molar-refractivity contribution in [3.63, 3.8) is 0 Å². The van der Waals surface area contributed by atoms with Crippen LogP contribution in [0.15, 0.2) is 23.1 Å². The van der Waals surface area contributed by atoms with Gasteiger partial charge in [-0.2, -0.15) is 4.31 Å². The van der Waals surface area contributed by atoms with E-state index in [1.807, 2.05) is 0 Å². The minimum atomic E-state index is -3.90. The SMILES string of the molecule is COc1ccc(C(=O)OCC(=O)O[C@@H]2C[C@@H](C)CC[C@@H]2C(C)C)cc1S(=O)(=O)N1CCOCC1. The molecule has 0 bridgehead atoms. The van der Waals surface area contributed by atoms with Crippen molar-refractivity contribution in [3.8, 4) is 5.75 Å². The zero-order chi connectivity index (χ0) is 24.9. The number of hydrogen-bond acceptors (Lipinski definition) is 8. The summed E-state index contributed by atoms with van der Waals surface area (Å²) in [5, 5.41) is 0. The molecular formula is C24H35NO8S. The second-order valence-corrected chi connectivity index (χ2v) is 11.2. The van der Waals surface area contributed by atoms with E-state index in [9.17, 15) is 18.0 Å². The van der Waals surface area contributed by atoms with Crippen LogP contribution in [0.4, 0.5) is 0 Å². The summed E-state index contributed by atoms with van der Waals surface area (Å²) in [6.45, 7) is 6.86. The van der Waals surface area contributed by atoms with Crippen molar-refractivity contribution in [3.05, 3.63) is 23.8 Å². The first-order valence-electron chi connectivity index (χ1n) is 11.8. The Morgan fingerprint density at radius 2 is 1.88 bits per heavy atom. The smallest absolute Gasteiger partial charge is 0.344 e. The van der Waals surface area contributed by atoms with Crippen LogP contribution in [0.5, 0.6) is 5.75 Å². The van der Waals surface area contributed by atoms with E-state index in [1.165, 1.54) is 29.6 Å². The van der Waals surface area contributed by atoms with Gasteiger partial charge in [-0.05, 0) is 48.8 Å². The first-order valence-corrected chi connectivity index (χ1v) is 13.2. The summed E-state index contributed by atoms with van der Waals surface area (Å²) in [5.41, 5.74) is 0.00628. The molecule has 1 heterocycles. The van der Waals surface area contributed by atoms with E-state index in [2.05, 4.69) is 20.8 Å². The topological polar surface area (TPSA) is 108 Å². The highest BCUT2D eigenvalue weighted by Gasteiger charge is 2.34. The Bertz CT molecular complexity index is 971. The Morgan fingerprint density at radius 3 is 2.53 bits per heavy atom. The number of nitrogens with zero attached hydrogens (tertiary/aromatic N) is 1. The first kappa shape index (κ1) is 26.4. The molecule has 2 aliphatic rings. The average molecular weight is 498 g/mol. The molecular weight excluding hydrogens is 462 g/mol. The molecule has 0 unspecified atom stereocenters. The lowest BCUT2D eigenvalue weighted by Gasteiger charge is -2.36. The fourth-order valence-electron chi connectivity index (χ4n) is 4.59. The Morgan fingerprint density at radius 1 is 1.18 bits per heavy atom. The van der Waals surface area contributed by atoms with Crippen LogP contribution in [0, 0.1) is 17.8 Å². The van der Waals surface area contributed by atoms with Gasteiger partial charge < -0.3 is 18.9 Å². The van der Waals surface area contributed by atoms with Crippen LogP contribution in [0.25, 0.3) is 0 Å². The number of carbonyl (C=O) groups is 2. The largest absolute Gasteiger partial charge is 0.495 e. The fraction of sp³-hybridized carbons (Fsp3) is 0.667. The predicted molar refractivity (Wildman–Crippen MR) is 124 cm³/mol. The van der Waals surface area contributed by atoms with E-state index in [0.717, 1.165) is 19.3 Å². The maximum Gasteiger partial charge on any atom is 0.344 e. The number of morpholine rings is 1. The summed E-state index contributed by atoms with van der Waals surface area (Å²) in [7, 11) is -2.54. The standard InChI is InChI=1S/C24H35NO8S/c1-16(2)19-7-5-17(3)13-21(19)33-23(26)15-32-24(27)18-6-8-20(30-4)22(14-18)34(28,29)25-9-11-31-12-10-25/h6,8,14,16-17,19,21H,5,7,9-13,15H2,1-4H3/t17-,19+,21+/m0/s1. The van der Waals surface area contributed by atoms with Crippen LogP contribution < -0.4 is 4.74 Å². The highest BCUT2D eigenvalue weighted by molar-refractivity contribution is 7.89. The second kappa shape index (κ2) is 11.5. The van der Waals surface area contributed by atoms with Crippen LogP contribution in [0.3, 0.4) is 0 Å².